The van der Waals surface area contributed by atoms with E-state index in [4.69, 9.17) is 5.26 Å². The van der Waals surface area contributed by atoms with Crippen LogP contribution in [0, 0.1) is 46.8 Å². The lowest BCUT2D eigenvalue weighted by Gasteiger charge is -2.08. The summed E-state index contributed by atoms with van der Waals surface area (Å²) in [5.74, 6) is 3.21. The predicted octanol–water partition coefficient (Wildman–Crippen LogP) is 2.01. The van der Waals surface area contributed by atoms with Gasteiger partial charge >= 0.3 is 0 Å². The van der Waals surface area contributed by atoms with Crippen LogP contribution in [0.15, 0.2) is 0 Å². The molecule has 2 heteroatoms. The van der Waals surface area contributed by atoms with Gasteiger partial charge in [-0.25, -0.2) is 0 Å². The van der Waals surface area contributed by atoms with Crippen LogP contribution in [0.1, 0.15) is 26.2 Å². The summed E-state index contributed by atoms with van der Waals surface area (Å²) in [6, 6.07) is 2.08. The summed E-state index contributed by atoms with van der Waals surface area (Å²) in [6.45, 7) is 1.75. The lowest BCUT2D eigenvalue weighted by molar-refractivity contribution is -0.123. The summed E-state index contributed by atoms with van der Waals surface area (Å²) in [4.78, 5) is 11.8. The number of carbonyl (C=O) groups excluding carboxylic acids is 1. The standard InChI is InChI=1S/C12H15NO/c1-6(5-13)12(14)11-9-7-2-3-8(4-7)10(9)11/h6-11H,2-4H2,1H3. The number of ketones is 1. The second-order valence-corrected chi connectivity index (χ2v) is 5.27. The molecular formula is C12H15NO. The van der Waals surface area contributed by atoms with Crippen molar-refractivity contribution >= 4 is 5.78 Å². The van der Waals surface area contributed by atoms with E-state index in [-0.39, 0.29) is 17.6 Å². The SMILES string of the molecule is CC(C#N)C(=O)C1C2C3CCC(C3)C12. The molecule has 3 saturated carbocycles. The first-order valence-corrected chi connectivity index (χ1v) is 5.67. The van der Waals surface area contributed by atoms with Gasteiger partial charge in [0.25, 0.3) is 0 Å². The highest BCUT2D eigenvalue weighted by molar-refractivity contribution is 5.88. The van der Waals surface area contributed by atoms with Gasteiger partial charge in [0.05, 0.1) is 6.07 Å². The predicted molar refractivity (Wildman–Crippen MR) is 51.1 cm³/mol. The Morgan fingerprint density at radius 3 is 2.43 bits per heavy atom. The van der Waals surface area contributed by atoms with Gasteiger partial charge in [-0.2, -0.15) is 5.26 Å². The molecule has 0 heterocycles. The molecule has 3 fully saturated rings. The van der Waals surface area contributed by atoms with Crippen molar-refractivity contribution in [2.75, 3.05) is 0 Å². The van der Waals surface area contributed by atoms with E-state index in [1.165, 1.54) is 19.3 Å². The number of rotatable bonds is 2. The van der Waals surface area contributed by atoms with Crippen molar-refractivity contribution in [3.8, 4) is 6.07 Å². The Bertz CT molecular complexity index is 314. The van der Waals surface area contributed by atoms with Crippen LogP contribution >= 0.6 is 0 Å². The van der Waals surface area contributed by atoms with Crippen molar-refractivity contribution in [2.45, 2.75) is 26.2 Å². The van der Waals surface area contributed by atoms with E-state index in [1.54, 1.807) is 6.92 Å². The maximum Gasteiger partial charge on any atom is 0.153 e. The van der Waals surface area contributed by atoms with Crippen molar-refractivity contribution in [1.82, 2.24) is 0 Å². The van der Waals surface area contributed by atoms with Crippen LogP contribution in [0.2, 0.25) is 0 Å². The minimum atomic E-state index is -0.370. The number of hydrogen-bond donors (Lipinski definition) is 0. The van der Waals surface area contributed by atoms with Gasteiger partial charge in [-0.3, -0.25) is 4.79 Å². The van der Waals surface area contributed by atoms with E-state index < -0.39 is 0 Å². The second kappa shape index (κ2) is 2.59. The zero-order valence-electron chi connectivity index (χ0n) is 8.44. The smallest absolute Gasteiger partial charge is 0.153 e. The Balaban J connectivity index is 1.75. The Labute approximate surface area is 84.3 Å². The van der Waals surface area contributed by atoms with Gasteiger partial charge in [0.15, 0.2) is 5.78 Å². The van der Waals surface area contributed by atoms with Crippen LogP contribution in [-0.4, -0.2) is 5.78 Å². The highest BCUT2D eigenvalue weighted by atomic mass is 16.1. The fourth-order valence-corrected chi connectivity index (χ4v) is 4.06. The normalized spacial score (nSPS) is 49.6. The zero-order chi connectivity index (χ0) is 9.87. The van der Waals surface area contributed by atoms with Gasteiger partial charge in [-0.05, 0) is 49.9 Å². The van der Waals surface area contributed by atoms with Gasteiger partial charge in [0, 0.05) is 5.92 Å². The average Bonchev–Trinajstić information content (AvgIpc) is 2.64. The summed E-state index contributed by atoms with van der Waals surface area (Å²) in [6.07, 6.45) is 4.06. The number of hydrogen-bond acceptors (Lipinski definition) is 2. The largest absolute Gasteiger partial charge is 0.298 e. The maximum absolute atomic E-state index is 11.8. The molecule has 2 bridgehead atoms. The molecule has 2 nitrogen and oxygen atoms in total. The average molecular weight is 189 g/mol. The lowest BCUT2D eigenvalue weighted by atomic mass is 9.94. The quantitative estimate of drug-likeness (QED) is 0.666. The van der Waals surface area contributed by atoms with Crippen LogP contribution < -0.4 is 0 Å². The van der Waals surface area contributed by atoms with Crippen LogP contribution in [0.3, 0.4) is 0 Å². The third-order valence-electron chi connectivity index (χ3n) is 4.68. The minimum Gasteiger partial charge on any atom is -0.298 e. The fraction of sp³-hybridized carbons (Fsp3) is 0.833. The van der Waals surface area contributed by atoms with Crippen molar-refractivity contribution in [1.29, 1.82) is 5.26 Å². The molecule has 0 aromatic rings. The third-order valence-corrected chi connectivity index (χ3v) is 4.68. The van der Waals surface area contributed by atoms with Crippen molar-refractivity contribution < 1.29 is 4.79 Å². The van der Waals surface area contributed by atoms with Crippen molar-refractivity contribution in [2.24, 2.45) is 35.5 Å². The molecule has 0 aromatic heterocycles. The molecule has 0 spiro atoms. The van der Waals surface area contributed by atoms with Gasteiger partial charge in [0.2, 0.25) is 0 Å². The van der Waals surface area contributed by atoms with Crippen LogP contribution in [0.5, 0.6) is 0 Å². The highest BCUT2D eigenvalue weighted by Gasteiger charge is 2.67. The van der Waals surface area contributed by atoms with E-state index >= 15 is 0 Å². The van der Waals surface area contributed by atoms with Gasteiger partial charge in [-0.1, -0.05) is 0 Å². The Morgan fingerprint density at radius 1 is 1.36 bits per heavy atom. The number of Topliss-reactive ketones (excluding diaryl/α,β-unsaturated/α-hetero) is 1. The summed E-state index contributed by atoms with van der Waals surface area (Å²) in [5.41, 5.74) is 0. The van der Waals surface area contributed by atoms with Crippen LogP contribution in [-0.2, 0) is 4.79 Å². The molecule has 14 heavy (non-hydrogen) atoms. The van der Waals surface area contributed by atoms with Gasteiger partial charge in [0.1, 0.15) is 5.92 Å². The zero-order valence-corrected chi connectivity index (χ0v) is 8.44. The van der Waals surface area contributed by atoms with E-state index in [0.29, 0.717) is 11.8 Å². The number of carbonyl (C=O) groups is 1. The molecule has 5 atom stereocenters. The molecule has 0 saturated heterocycles. The lowest BCUT2D eigenvalue weighted by Crippen LogP contribution is -2.16. The van der Waals surface area contributed by atoms with Gasteiger partial charge in [-0.15, -0.1) is 0 Å². The molecule has 0 aliphatic heterocycles. The highest BCUT2D eigenvalue weighted by Crippen LogP contribution is 2.69. The third kappa shape index (κ3) is 0.881. The fourth-order valence-electron chi connectivity index (χ4n) is 4.06. The summed E-state index contributed by atoms with van der Waals surface area (Å²) in [5, 5.41) is 8.72. The van der Waals surface area contributed by atoms with E-state index in [9.17, 15) is 4.79 Å². The molecule has 0 N–H and O–H groups in total. The number of fused-ring (bicyclic) bond motifs is 5. The monoisotopic (exact) mass is 189 g/mol. The molecule has 5 unspecified atom stereocenters. The van der Waals surface area contributed by atoms with Crippen LogP contribution in [0.25, 0.3) is 0 Å². The van der Waals surface area contributed by atoms with Gasteiger partial charge < -0.3 is 0 Å². The molecule has 3 aliphatic rings. The number of nitriles is 1. The Hall–Kier alpha value is -0.840. The van der Waals surface area contributed by atoms with Crippen molar-refractivity contribution in [3.63, 3.8) is 0 Å². The number of nitrogens with zero attached hydrogens (tertiary/aromatic N) is 1. The summed E-state index contributed by atoms with van der Waals surface area (Å²) >= 11 is 0. The topological polar surface area (TPSA) is 40.9 Å². The van der Waals surface area contributed by atoms with Crippen molar-refractivity contribution in [3.05, 3.63) is 0 Å². The molecule has 3 aliphatic carbocycles. The molecule has 3 rings (SSSR count). The first-order valence-electron chi connectivity index (χ1n) is 5.67. The maximum atomic E-state index is 11.8. The molecule has 74 valence electrons. The second-order valence-electron chi connectivity index (χ2n) is 5.27. The molecular weight excluding hydrogens is 174 g/mol. The first kappa shape index (κ1) is 8.47. The Morgan fingerprint density at radius 2 is 1.93 bits per heavy atom. The molecule has 0 aromatic carbocycles. The summed E-state index contributed by atoms with van der Waals surface area (Å²) in [7, 11) is 0. The van der Waals surface area contributed by atoms with E-state index in [1.807, 2.05) is 0 Å². The Kier molecular flexibility index (Phi) is 1.57. The van der Waals surface area contributed by atoms with E-state index in [2.05, 4.69) is 6.07 Å². The van der Waals surface area contributed by atoms with Crippen LogP contribution in [0.4, 0.5) is 0 Å². The van der Waals surface area contributed by atoms with E-state index in [0.717, 1.165) is 11.8 Å². The summed E-state index contributed by atoms with van der Waals surface area (Å²) < 4.78 is 0. The molecule has 0 amide bonds. The first-order chi connectivity index (χ1) is 6.74. The molecule has 0 radical (unpaired) electrons. The minimum absolute atomic E-state index is 0.235.